The molecular formula is C132H150N8. The normalized spacial score (nSPS) is 15.5. The van der Waals surface area contributed by atoms with E-state index in [1.807, 2.05) is 0 Å². The lowest BCUT2D eigenvalue weighted by Gasteiger charge is -2.29. The van der Waals surface area contributed by atoms with E-state index in [2.05, 4.69) is 458 Å². The zero-order valence-corrected chi connectivity index (χ0v) is 90.8. The lowest BCUT2D eigenvalue weighted by Crippen LogP contribution is -2.18. The zero-order valence-electron chi connectivity index (χ0n) is 90.8. The summed E-state index contributed by atoms with van der Waals surface area (Å²) in [5, 5.41) is 4.18. The number of aromatic nitrogens is 8. The van der Waals surface area contributed by atoms with Crippen molar-refractivity contribution in [3.8, 4) is 66.8 Å². The molecule has 0 radical (unpaired) electrons. The summed E-state index contributed by atoms with van der Waals surface area (Å²) in [5.74, 6) is -0.600. The van der Waals surface area contributed by atoms with Crippen LogP contribution in [0.2, 0.25) is 0 Å². The van der Waals surface area contributed by atoms with Crippen molar-refractivity contribution in [3.05, 3.63) is 293 Å². The number of fused-ring (bicyclic) bond motifs is 16. The molecule has 4 aliphatic heterocycles. The Morgan fingerprint density at radius 2 is 0.514 bits per heavy atom. The summed E-state index contributed by atoms with van der Waals surface area (Å²) in [5.41, 5.74) is 46.0. The van der Waals surface area contributed by atoms with Gasteiger partial charge in [-0.1, -0.05) is 383 Å². The van der Waals surface area contributed by atoms with Crippen LogP contribution in [0, 0.1) is 0 Å². The molecule has 10 heterocycles. The summed E-state index contributed by atoms with van der Waals surface area (Å²) < 4.78 is 0. The third kappa shape index (κ3) is 16.7. The summed E-state index contributed by atoms with van der Waals surface area (Å²) in [6.45, 7) is 85.3. The van der Waals surface area contributed by atoms with E-state index in [0.29, 0.717) is 12.8 Å². The molecule has 2 atom stereocenters. The molecule has 0 saturated carbocycles. The van der Waals surface area contributed by atoms with Crippen molar-refractivity contribution in [2.24, 2.45) is 0 Å². The molecular weight excluding hydrogens is 1700 g/mol. The molecule has 8 nitrogen and oxygen atoms in total. The maximum Gasteiger partial charge on any atom is 0.0818 e. The third-order valence-electron chi connectivity index (χ3n) is 31.3. The molecule has 140 heavy (non-hydrogen) atoms. The van der Waals surface area contributed by atoms with Crippen molar-refractivity contribution < 1.29 is 0 Å². The number of rotatable bonds is 6. The van der Waals surface area contributed by atoms with Crippen molar-refractivity contribution in [2.45, 2.75) is 339 Å². The number of aromatic amines is 4. The molecule has 2 unspecified atom stereocenters. The fourth-order valence-corrected chi connectivity index (χ4v) is 22.3. The van der Waals surface area contributed by atoms with Gasteiger partial charge in [0.25, 0.3) is 0 Å². The van der Waals surface area contributed by atoms with Gasteiger partial charge >= 0.3 is 0 Å². The van der Waals surface area contributed by atoms with Crippen LogP contribution >= 0.6 is 0 Å². The van der Waals surface area contributed by atoms with Gasteiger partial charge in [-0.3, -0.25) is 4.98 Å². The summed E-state index contributed by atoms with van der Waals surface area (Å²) in [6.07, 6.45) is 10.7. The Kier molecular flexibility index (Phi) is 21.7. The van der Waals surface area contributed by atoms with Crippen LogP contribution in [0.3, 0.4) is 0 Å². The van der Waals surface area contributed by atoms with E-state index in [1.54, 1.807) is 0 Å². The minimum absolute atomic E-state index is 0.196. The van der Waals surface area contributed by atoms with Gasteiger partial charge in [-0.25, -0.2) is 15.0 Å². The minimum Gasteiger partial charge on any atom is -0.357 e. The Labute approximate surface area is 833 Å². The molecule has 0 spiro atoms. The van der Waals surface area contributed by atoms with Crippen LogP contribution in [0.4, 0.5) is 0 Å². The van der Waals surface area contributed by atoms with Crippen molar-refractivity contribution >= 4 is 101 Å². The topological polar surface area (TPSA) is 115 Å². The lowest BCUT2D eigenvalue weighted by atomic mass is 9.73. The van der Waals surface area contributed by atoms with E-state index in [0.717, 1.165) is 178 Å². The molecule has 718 valence electrons. The van der Waals surface area contributed by atoms with Crippen molar-refractivity contribution in [2.75, 3.05) is 0 Å². The molecule has 1 aliphatic carbocycles. The Balaban J connectivity index is 1.11. The van der Waals surface area contributed by atoms with Crippen LogP contribution < -0.4 is 0 Å². The first-order chi connectivity index (χ1) is 64.9. The van der Waals surface area contributed by atoms with Gasteiger partial charge in [0.15, 0.2) is 0 Å². The van der Waals surface area contributed by atoms with Gasteiger partial charge in [0.1, 0.15) is 0 Å². The molecule has 4 N–H and O–H groups in total. The fraction of sp³-hybridized carbons (Fsp3) is 0.394. The Bertz CT molecular complexity index is 7930. The van der Waals surface area contributed by atoms with E-state index in [9.17, 15) is 0 Å². The Hall–Kier alpha value is -12.0. The number of hydrogen-bond acceptors (Lipinski definition) is 4. The van der Waals surface area contributed by atoms with E-state index in [1.165, 1.54) is 89.0 Å². The van der Waals surface area contributed by atoms with Crippen LogP contribution in [-0.4, -0.2) is 39.9 Å². The van der Waals surface area contributed by atoms with Gasteiger partial charge in [0, 0.05) is 100 Å². The molecule has 16 bridgehead atoms. The van der Waals surface area contributed by atoms with Gasteiger partial charge in [-0.2, -0.15) is 0 Å². The molecule has 5 aliphatic rings. The van der Waals surface area contributed by atoms with Crippen molar-refractivity contribution in [1.82, 2.24) is 39.9 Å². The number of nitrogens with zero attached hydrogens (tertiary/aromatic N) is 4. The predicted octanol–water partition coefficient (Wildman–Crippen LogP) is 36.3. The summed E-state index contributed by atoms with van der Waals surface area (Å²) in [4.78, 5) is 44.3. The van der Waals surface area contributed by atoms with Crippen molar-refractivity contribution in [1.29, 1.82) is 0 Å². The monoisotopic (exact) mass is 1850 g/mol. The maximum atomic E-state index is 6.88. The molecule has 0 saturated heterocycles. The second-order valence-electron chi connectivity index (χ2n) is 54.5. The van der Waals surface area contributed by atoms with Gasteiger partial charge in [0.05, 0.1) is 56.1 Å². The highest BCUT2D eigenvalue weighted by atomic mass is 14.9. The number of hydrogen-bond donors (Lipinski definition) is 4. The highest BCUT2D eigenvalue weighted by Gasteiger charge is 2.44. The van der Waals surface area contributed by atoms with Crippen molar-refractivity contribution in [3.63, 3.8) is 0 Å². The lowest BCUT2D eigenvalue weighted by molar-refractivity contribution is 0.568. The third-order valence-corrected chi connectivity index (χ3v) is 31.3. The SMILES string of the molecule is CC(C)(C)c1cc(-c2c3nc(c(-c4cc(C(C)(C)C)cc(C(C)(C)C)c4)c4ccc([nH]4)c(-c4cc(C(C)(C)C)cc(C(C)(C)C)c4)c4cc5c6cc7[nH]c6c6c8nc(c(-c9cc(C(C)(C)C)cc(C(C)(C)C)c9)c9ccc([nH]9)c(-c9cc(C(C)(C)C)cc(C(C)(C)C)c9)c9nc(c7-c7cc(C(C)(C)C)cc(C(C)(C)C)c7)C=C9)C7Cc9ccccc9CC9c2[nH]c(c9c87)c6c5n4)C=C3)cc(C(C)(C)C)c1. The average molecular weight is 1850 g/mol. The molecule has 20 rings (SSSR count). The molecule has 8 heteroatoms. The number of nitrogens with one attached hydrogen (secondary N) is 4. The quantitative estimate of drug-likeness (QED) is 0.133. The first-order valence-electron chi connectivity index (χ1n) is 51.7. The highest BCUT2D eigenvalue weighted by molar-refractivity contribution is 6.34. The van der Waals surface area contributed by atoms with E-state index >= 15 is 0 Å². The summed E-state index contributed by atoms with van der Waals surface area (Å²) in [6, 6.07) is 68.7. The van der Waals surface area contributed by atoms with Gasteiger partial charge in [-0.05, 0) is 261 Å². The largest absolute Gasteiger partial charge is 0.357 e. The van der Waals surface area contributed by atoms with Gasteiger partial charge in [0.2, 0.25) is 0 Å². The van der Waals surface area contributed by atoms with E-state index in [4.69, 9.17) is 24.9 Å². The first-order valence-corrected chi connectivity index (χ1v) is 51.7. The predicted molar refractivity (Wildman–Crippen MR) is 603 cm³/mol. The van der Waals surface area contributed by atoms with Crippen LogP contribution in [-0.2, 0) is 77.8 Å². The van der Waals surface area contributed by atoms with Gasteiger partial charge < -0.3 is 19.9 Å². The van der Waals surface area contributed by atoms with E-state index < -0.39 is 0 Å². The molecule has 0 amide bonds. The fourth-order valence-electron chi connectivity index (χ4n) is 22.3. The van der Waals surface area contributed by atoms with E-state index in [-0.39, 0.29) is 76.8 Å². The molecule has 6 aromatic heterocycles. The minimum atomic E-state index is -0.311. The average Bonchev–Trinajstić information content (AvgIpc) is 1.51. The molecule has 15 aromatic rings. The number of H-pyrrole nitrogens is 4. The second kappa shape index (κ2) is 31.7. The zero-order chi connectivity index (χ0) is 101. The second-order valence-corrected chi connectivity index (χ2v) is 54.5. The standard InChI is InChI=1S/C132H150N8/c1-121(2,3)79-49-73(50-80(63-79)122(4,5)6)105-95-41-43-99(133-95)107(75-53-83(125(13,14)15)65-84(54-75)126(16,17)18)103-69-91-92-70-104-108(76-55-85(127(19,20)21)66-86(56-76)128(22,23)24)100-44-42-96(134-100)106(74-51-81(123(7,8)9)64-82(52-74)124(10,11)12)98-46-48-102(136-98)110(78-59-89(131(31,32)33)68-90(60-78)132(34,35)36)118-94-62-72-40-38-37-39-71(72)61-93-111-112(94)120(140-118)114(116(92)138-104)113(115(91)137-103)119(111)139-117(93)109(101-47-45-97(105)135-101)77-57-87(129(25,26)27)67-88(58-77)130(28,29)30/h37-60,63-70,93-94,133,136,138-139H,61-62H2,1-36H3. The molecule has 9 aromatic carbocycles. The summed E-state index contributed by atoms with van der Waals surface area (Å²) in [7, 11) is 0. The smallest absolute Gasteiger partial charge is 0.0818 e. The van der Waals surface area contributed by atoms with Crippen LogP contribution in [0.25, 0.3) is 168 Å². The summed E-state index contributed by atoms with van der Waals surface area (Å²) >= 11 is 0. The Morgan fingerprint density at radius 3 is 0.857 bits per heavy atom. The van der Waals surface area contributed by atoms with Gasteiger partial charge in [-0.15, -0.1) is 0 Å². The Morgan fingerprint density at radius 1 is 0.229 bits per heavy atom. The van der Waals surface area contributed by atoms with Crippen LogP contribution in [0.1, 0.15) is 384 Å². The first kappa shape index (κ1) is 95.5. The maximum absolute atomic E-state index is 6.88. The highest BCUT2D eigenvalue weighted by Crippen LogP contribution is 2.59. The van der Waals surface area contributed by atoms with Crippen LogP contribution in [0.15, 0.2) is 170 Å². The van der Waals surface area contributed by atoms with Crippen LogP contribution in [0.5, 0.6) is 0 Å². The number of benzene rings is 9. The molecule has 0 fully saturated rings.